The van der Waals surface area contributed by atoms with Crippen LogP contribution in [0.4, 0.5) is 0 Å². The molecule has 1 aromatic rings. The summed E-state index contributed by atoms with van der Waals surface area (Å²) in [4.78, 5) is 13.6. The van der Waals surface area contributed by atoms with E-state index in [0.717, 1.165) is 5.76 Å². The monoisotopic (exact) mass is 238 g/mol. The van der Waals surface area contributed by atoms with E-state index in [1.54, 1.807) is 17.2 Å². The first-order valence-corrected chi connectivity index (χ1v) is 5.64. The average Bonchev–Trinajstić information content (AvgIpc) is 2.81. The molecule has 1 saturated heterocycles. The summed E-state index contributed by atoms with van der Waals surface area (Å²) in [5.74, 6) is 0.991. The molecule has 0 radical (unpaired) electrons. The van der Waals surface area contributed by atoms with Crippen molar-refractivity contribution in [2.75, 3.05) is 0 Å². The van der Waals surface area contributed by atoms with Crippen LogP contribution in [0.3, 0.4) is 0 Å². The minimum Gasteiger partial charge on any atom is -0.467 e. The van der Waals surface area contributed by atoms with Gasteiger partial charge < -0.3 is 9.73 Å². The summed E-state index contributed by atoms with van der Waals surface area (Å²) < 4.78 is 5.21. The van der Waals surface area contributed by atoms with Gasteiger partial charge >= 0.3 is 0 Å². The van der Waals surface area contributed by atoms with Gasteiger partial charge in [-0.15, -0.1) is 0 Å². The molecule has 0 unspecified atom stereocenters. The first-order valence-electron chi connectivity index (χ1n) is 5.24. The molecule has 2 heterocycles. The van der Waals surface area contributed by atoms with E-state index in [-0.39, 0.29) is 17.9 Å². The lowest BCUT2D eigenvalue weighted by Crippen LogP contribution is -2.34. The Labute approximate surface area is 99.6 Å². The van der Waals surface area contributed by atoms with Crippen molar-refractivity contribution in [2.45, 2.75) is 26.4 Å². The van der Waals surface area contributed by atoms with Gasteiger partial charge in [0.1, 0.15) is 11.8 Å². The van der Waals surface area contributed by atoms with Crippen LogP contribution in [0.1, 0.15) is 19.6 Å². The fourth-order valence-corrected chi connectivity index (χ4v) is 1.98. The zero-order valence-electron chi connectivity index (χ0n) is 9.27. The van der Waals surface area contributed by atoms with Crippen molar-refractivity contribution in [1.29, 1.82) is 0 Å². The molecule has 1 atom stereocenters. The molecule has 4 nitrogen and oxygen atoms in total. The molecule has 86 valence electrons. The molecule has 0 saturated carbocycles. The SMILES string of the molecule is CC(C)[C@@H]1NC(=S)N(Cc2ccco2)C1=O. The van der Waals surface area contributed by atoms with E-state index in [2.05, 4.69) is 5.32 Å². The highest BCUT2D eigenvalue weighted by Crippen LogP contribution is 2.16. The Hall–Kier alpha value is -1.36. The van der Waals surface area contributed by atoms with E-state index in [9.17, 15) is 4.79 Å². The Balaban J connectivity index is 2.11. The summed E-state index contributed by atoms with van der Waals surface area (Å²) in [5, 5.41) is 3.52. The van der Waals surface area contributed by atoms with Crippen LogP contribution in [0.15, 0.2) is 22.8 Å². The highest BCUT2D eigenvalue weighted by molar-refractivity contribution is 7.80. The Morgan fingerprint density at radius 2 is 2.38 bits per heavy atom. The van der Waals surface area contributed by atoms with Gasteiger partial charge in [0.15, 0.2) is 5.11 Å². The highest BCUT2D eigenvalue weighted by Gasteiger charge is 2.37. The third-order valence-corrected chi connectivity index (χ3v) is 2.96. The van der Waals surface area contributed by atoms with Gasteiger partial charge in [-0.05, 0) is 30.3 Å². The topological polar surface area (TPSA) is 45.5 Å². The molecule has 1 aliphatic heterocycles. The van der Waals surface area contributed by atoms with Crippen LogP contribution in [-0.2, 0) is 11.3 Å². The van der Waals surface area contributed by atoms with Crippen molar-refractivity contribution in [2.24, 2.45) is 5.92 Å². The molecular weight excluding hydrogens is 224 g/mol. The molecule has 0 aliphatic carbocycles. The van der Waals surface area contributed by atoms with Gasteiger partial charge in [-0.1, -0.05) is 13.8 Å². The molecule has 5 heteroatoms. The first kappa shape index (κ1) is 11.1. The predicted octanol–water partition coefficient (Wildman–Crippen LogP) is 1.52. The van der Waals surface area contributed by atoms with E-state index >= 15 is 0 Å². The summed E-state index contributed by atoms with van der Waals surface area (Å²) in [6.07, 6.45) is 1.59. The number of nitrogens with zero attached hydrogens (tertiary/aromatic N) is 1. The summed E-state index contributed by atoms with van der Waals surface area (Å²) in [6, 6.07) is 3.42. The fraction of sp³-hybridized carbons (Fsp3) is 0.455. The van der Waals surface area contributed by atoms with Crippen molar-refractivity contribution in [1.82, 2.24) is 10.2 Å². The lowest BCUT2D eigenvalue weighted by Gasteiger charge is -2.14. The molecule has 0 spiro atoms. The molecule has 16 heavy (non-hydrogen) atoms. The first-order chi connectivity index (χ1) is 7.59. The Morgan fingerprint density at radius 3 is 2.88 bits per heavy atom. The molecule has 2 rings (SSSR count). The zero-order chi connectivity index (χ0) is 11.7. The molecule has 1 fully saturated rings. The number of nitrogens with one attached hydrogen (secondary N) is 1. The summed E-state index contributed by atoms with van der Waals surface area (Å²) in [6.45, 7) is 4.39. The zero-order valence-corrected chi connectivity index (χ0v) is 10.1. The van der Waals surface area contributed by atoms with Gasteiger partial charge in [-0.25, -0.2) is 0 Å². The van der Waals surface area contributed by atoms with Gasteiger partial charge in [0.05, 0.1) is 12.8 Å². The third-order valence-electron chi connectivity index (χ3n) is 2.62. The molecule has 1 aliphatic rings. The molecular formula is C11H14N2O2S. The lowest BCUT2D eigenvalue weighted by atomic mass is 10.1. The van der Waals surface area contributed by atoms with Crippen molar-refractivity contribution < 1.29 is 9.21 Å². The highest BCUT2D eigenvalue weighted by atomic mass is 32.1. The van der Waals surface area contributed by atoms with Crippen LogP contribution in [0, 0.1) is 5.92 Å². The van der Waals surface area contributed by atoms with E-state index in [4.69, 9.17) is 16.6 Å². The standard InChI is InChI=1S/C11H14N2O2S/c1-7(2)9-10(14)13(11(16)12-9)6-8-4-3-5-15-8/h3-5,7,9H,6H2,1-2H3,(H,12,16)/t9-/m0/s1. The molecule has 1 amide bonds. The van der Waals surface area contributed by atoms with Gasteiger partial charge in [-0.2, -0.15) is 0 Å². The second-order valence-electron chi connectivity index (χ2n) is 4.17. The van der Waals surface area contributed by atoms with Crippen LogP contribution < -0.4 is 5.32 Å². The van der Waals surface area contributed by atoms with Crippen molar-refractivity contribution >= 4 is 23.2 Å². The van der Waals surface area contributed by atoms with Gasteiger partial charge in [0.2, 0.25) is 0 Å². The molecule has 1 aromatic heterocycles. The number of hydrogen-bond donors (Lipinski definition) is 1. The summed E-state index contributed by atoms with van der Waals surface area (Å²) in [7, 11) is 0. The maximum absolute atomic E-state index is 12.0. The summed E-state index contributed by atoms with van der Waals surface area (Å²) >= 11 is 5.14. The van der Waals surface area contributed by atoms with Crippen LogP contribution >= 0.6 is 12.2 Å². The molecule has 0 bridgehead atoms. The van der Waals surface area contributed by atoms with E-state index in [1.165, 1.54) is 0 Å². The Kier molecular flexibility index (Phi) is 2.96. The normalized spacial score (nSPS) is 20.7. The lowest BCUT2D eigenvalue weighted by molar-refractivity contribution is -0.128. The second-order valence-corrected chi connectivity index (χ2v) is 4.56. The fourth-order valence-electron chi connectivity index (χ4n) is 1.70. The number of rotatable bonds is 3. The third kappa shape index (κ3) is 1.95. The van der Waals surface area contributed by atoms with Crippen LogP contribution in [0.25, 0.3) is 0 Å². The Morgan fingerprint density at radius 1 is 1.62 bits per heavy atom. The number of hydrogen-bond acceptors (Lipinski definition) is 3. The average molecular weight is 238 g/mol. The predicted molar refractivity (Wildman–Crippen MR) is 63.6 cm³/mol. The van der Waals surface area contributed by atoms with Crippen molar-refractivity contribution in [3.05, 3.63) is 24.2 Å². The van der Waals surface area contributed by atoms with E-state index in [0.29, 0.717) is 11.7 Å². The quantitative estimate of drug-likeness (QED) is 0.811. The number of amides is 1. The number of carbonyl (C=O) groups is 1. The van der Waals surface area contributed by atoms with E-state index in [1.807, 2.05) is 19.9 Å². The second kappa shape index (κ2) is 4.25. The molecule has 1 N–H and O–H groups in total. The van der Waals surface area contributed by atoms with Crippen molar-refractivity contribution in [3.63, 3.8) is 0 Å². The van der Waals surface area contributed by atoms with Crippen LogP contribution in [0.2, 0.25) is 0 Å². The number of carbonyl (C=O) groups excluding carboxylic acids is 1. The van der Waals surface area contributed by atoms with Crippen molar-refractivity contribution in [3.8, 4) is 0 Å². The maximum Gasteiger partial charge on any atom is 0.251 e. The minimum absolute atomic E-state index is 0.0244. The Bertz CT molecular complexity index is 400. The minimum atomic E-state index is -0.206. The largest absolute Gasteiger partial charge is 0.467 e. The van der Waals surface area contributed by atoms with Crippen LogP contribution in [0.5, 0.6) is 0 Å². The van der Waals surface area contributed by atoms with Gasteiger partial charge in [0.25, 0.3) is 5.91 Å². The van der Waals surface area contributed by atoms with Crippen LogP contribution in [-0.4, -0.2) is 22.0 Å². The molecule has 0 aromatic carbocycles. The summed E-state index contributed by atoms with van der Waals surface area (Å²) in [5.41, 5.74) is 0. The number of furan rings is 1. The smallest absolute Gasteiger partial charge is 0.251 e. The number of thiocarbonyl (C=S) groups is 1. The van der Waals surface area contributed by atoms with E-state index < -0.39 is 0 Å². The maximum atomic E-state index is 12.0. The van der Waals surface area contributed by atoms with Gasteiger partial charge in [0, 0.05) is 0 Å². The van der Waals surface area contributed by atoms with Gasteiger partial charge in [-0.3, -0.25) is 9.69 Å².